The molecule has 2 N–H and O–H groups in total. The molecule has 1 saturated heterocycles. The van der Waals surface area contributed by atoms with Crippen LogP contribution < -0.4 is 15.5 Å². The number of hydrogen-bond acceptors (Lipinski definition) is 5. The molecule has 39 heavy (non-hydrogen) atoms. The van der Waals surface area contributed by atoms with E-state index in [2.05, 4.69) is 51.6 Å². The lowest BCUT2D eigenvalue weighted by Gasteiger charge is -2.37. The average Bonchev–Trinajstić information content (AvgIpc) is 2.96. The quantitative estimate of drug-likeness (QED) is 0.248. The summed E-state index contributed by atoms with van der Waals surface area (Å²) in [6.07, 6.45) is 9.52. The second-order valence-electron chi connectivity index (χ2n) is 10.5. The van der Waals surface area contributed by atoms with Crippen LogP contribution in [0.25, 0.3) is 0 Å². The predicted octanol–water partition coefficient (Wildman–Crippen LogP) is 5.85. The van der Waals surface area contributed by atoms with Crippen LogP contribution in [0, 0.1) is 0 Å². The van der Waals surface area contributed by atoms with Gasteiger partial charge in [-0.1, -0.05) is 75.8 Å². The molecular weight excluding hydrogens is 488 g/mol. The van der Waals surface area contributed by atoms with E-state index in [0.717, 1.165) is 57.7 Å². The molecule has 214 valence electrons. The predicted molar refractivity (Wildman–Crippen MR) is 160 cm³/mol. The third-order valence-electron chi connectivity index (χ3n) is 7.31. The second kappa shape index (κ2) is 17.6. The van der Waals surface area contributed by atoms with Gasteiger partial charge < -0.3 is 20.3 Å². The Morgan fingerprint density at radius 2 is 1.59 bits per heavy atom. The number of amides is 2. The van der Waals surface area contributed by atoms with Crippen molar-refractivity contribution in [1.82, 2.24) is 10.2 Å². The molecule has 7 heteroatoms. The minimum absolute atomic E-state index is 0.0114. The number of hydrogen-bond donors (Lipinski definition) is 2. The van der Waals surface area contributed by atoms with E-state index in [-0.39, 0.29) is 11.8 Å². The van der Waals surface area contributed by atoms with Crippen LogP contribution in [0.15, 0.2) is 48.5 Å². The molecule has 0 aliphatic carbocycles. The summed E-state index contributed by atoms with van der Waals surface area (Å²) in [5, 5.41) is 6.05. The maximum atomic E-state index is 13.2. The van der Waals surface area contributed by atoms with Crippen molar-refractivity contribution in [3.63, 3.8) is 0 Å². The van der Waals surface area contributed by atoms with Crippen LogP contribution in [-0.4, -0.2) is 63.2 Å². The summed E-state index contributed by atoms with van der Waals surface area (Å²) in [4.78, 5) is 30.6. The van der Waals surface area contributed by atoms with E-state index in [9.17, 15) is 9.59 Å². The van der Waals surface area contributed by atoms with Crippen molar-refractivity contribution in [2.75, 3.05) is 56.7 Å². The first-order chi connectivity index (χ1) is 19.1. The monoisotopic (exact) mass is 536 g/mol. The number of rotatable bonds is 17. The molecule has 0 unspecified atom stereocenters. The fourth-order valence-electron chi connectivity index (χ4n) is 5.04. The minimum atomic E-state index is -0.115. The Morgan fingerprint density at radius 3 is 2.31 bits per heavy atom. The van der Waals surface area contributed by atoms with Gasteiger partial charge in [-0.05, 0) is 36.6 Å². The lowest BCUT2D eigenvalue weighted by atomic mass is 10.1. The van der Waals surface area contributed by atoms with Gasteiger partial charge in [-0.2, -0.15) is 0 Å². The molecule has 0 atom stereocenters. The Morgan fingerprint density at radius 1 is 0.872 bits per heavy atom. The maximum Gasteiger partial charge on any atom is 0.253 e. The molecule has 2 aromatic rings. The molecule has 2 aromatic carbocycles. The fraction of sp³-hybridized carbons (Fsp3) is 0.562. The standard InChI is InChI=1S/C32H48N4O3/c1-3-4-5-6-7-8-12-16-31(37)34-28-17-18-30(29(25-28)32(38)33-19-13-24-39-2)36-22-20-35(21-23-36)26-27-14-10-9-11-15-27/h9-11,14-15,17-18,25H,3-8,12-13,16,19-24,26H2,1-2H3,(H,33,38)(H,34,37). The molecule has 1 aliphatic heterocycles. The molecule has 0 bridgehead atoms. The van der Waals surface area contributed by atoms with Gasteiger partial charge >= 0.3 is 0 Å². The average molecular weight is 537 g/mol. The first-order valence-electron chi connectivity index (χ1n) is 14.8. The van der Waals surface area contributed by atoms with E-state index < -0.39 is 0 Å². The van der Waals surface area contributed by atoms with E-state index in [1.165, 1.54) is 37.7 Å². The summed E-state index contributed by atoms with van der Waals surface area (Å²) in [5.41, 5.74) is 3.52. The van der Waals surface area contributed by atoms with Crippen molar-refractivity contribution in [1.29, 1.82) is 0 Å². The number of carbonyl (C=O) groups is 2. The summed E-state index contributed by atoms with van der Waals surface area (Å²) in [5.74, 6) is -0.103. The van der Waals surface area contributed by atoms with E-state index >= 15 is 0 Å². The van der Waals surface area contributed by atoms with E-state index in [0.29, 0.717) is 30.8 Å². The van der Waals surface area contributed by atoms with Crippen molar-refractivity contribution >= 4 is 23.2 Å². The number of methoxy groups -OCH3 is 1. The molecule has 1 fully saturated rings. The molecule has 2 amide bonds. The number of unbranched alkanes of at least 4 members (excludes halogenated alkanes) is 6. The molecule has 0 radical (unpaired) electrons. The number of anilines is 2. The van der Waals surface area contributed by atoms with Gasteiger partial charge in [0, 0.05) is 70.8 Å². The van der Waals surface area contributed by atoms with Gasteiger partial charge in [-0.25, -0.2) is 0 Å². The lowest BCUT2D eigenvalue weighted by molar-refractivity contribution is -0.116. The maximum absolute atomic E-state index is 13.2. The third kappa shape index (κ3) is 11.0. The summed E-state index contributed by atoms with van der Waals surface area (Å²) in [6.45, 7) is 7.87. The molecule has 1 heterocycles. The van der Waals surface area contributed by atoms with E-state index in [1.54, 1.807) is 7.11 Å². The Labute approximate surface area is 235 Å². The highest BCUT2D eigenvalue weighted by Crippen LogP contribution is 2.26. The highest BCUT2D eigenvalue weighted by atomic mass is 16.5. The molecule has 3 rings (SSSR count). The fourth-order valence-corrected chi connectivity index (χ4v) is 5.04. The normalized spacial score (nSPS) is 13.8. The topological polar surface area (TPSA) is 73.9 Å². The van der Waals surface area contributed by atoms with Gasteiger partial charge in [0.15, 0.2) is 0 Å². The molecule has 1 aliphatic rings. The number of carbonyl (C=O) groups excluding carboxylic acids is 2. The number of nitrogens with one attached hydrogen (secondary N) is 2. The van der Waals surface area contributed by atoms with Gasteiger partial charge in [0.1, 0.15) is 0 Å². The van der Waals surface area contributed by atoms with Crippen molar-refractivity contribution in [3.05, 3.63) is 59.7 Å². The van der Waals surface area contributed by atoms with Crippen LogP contribution in [0.5, 0.6) is 0 Å². The summed E-state index contributed by atoms with van der Waals surface area (Å²) in [6, 6.07) is 16.3. The van der Waals surface area contributed by atoms with Crippen LogP contribution in [0.2, 0.25) is 0 Å². The zero-order valence-corrected chi connectivity index (χ0v) is 24.1. The van der Waals surface area contributed by atoms with Gasteiger partial charge in [0.2, 0.25) is 5.91 Å². The van der Waals surface area contributed by atoms with Crippen LogP contribution in [0.3, 0.4) is 0 Å². The SMILES string of the molecule is CCCCCCCCCC(=O)Nc1ccc(N2CCN(Cc3ccccc3)CC2)c(C(=O)NCCCOC)c1. The Kier molecular flexibility index (Phi) is 13.9. The first kappa shape index (κ1) is 30.6. The minimum Gasteiger partial charge on any atom is -0.385 e. The van der Waals surface area contributed by atoms with E-state index in [4.69, 9.17) is 4.74 Å². The lowest BCUT2D eigenvalue weighted by Crippen LogP contribution is -2.46. The zero-order valence-electron chi connectivity index (χ0n) is 24.1. The van der Waals surface area contributed by atoms with Gasteiger partial charge in [-0.3, -0.25) is 14.5 Å². The molecule has 0 saturated carbocycles. The van der Waals surface area contributed by atoms with Crippen LogP contribution >= 0.6 is 0 Å². The van der Waals surface area contributed by atoms with Crippen molar-refractivity contribution in [2.24, 2.45) is 0 Å². The number of benzene rings is 2. The van der Waals surface area contributed by atoms with Crippen LogP contribution in [-0.2, 0) is 16.1 Å². The van der Waals surface area contributed by atoms with Crippen molar-refractivity contribution in [3.8, 4) is 0 Å². The Bertz CT molecular complexity index is 990. The van der Waals surface area contributed by atoms with Gasteiger partial charge in [0.25, 0.3) is 5.91 Å². The molecule has 7 nitrogen and oxygen atoms in total. The second-order valence-corrected chi connectivity index (χ2v) is 10.5. The van der Waals surface area contributed by atoms with Crippen molar-refractivity contribution in [2.45, 2.75) is 71.3 Å². The number of piperazine rings is 1. The zero-order chi connectivity index (χ0) is 27.7. The number of nitrogens with zero attached hydrogens (tertiary/aromatic N) is 2. The molecular formula is C32H48N4O3. The summed E-state index contributed by atoms with van der Waals surface area (Å²) < 4.78 is 5.12. The van der Waals surface area contributed by atoms with Crippen LogP contribution in [0.1, 0.15) is 80.6 Å². The molecule has 0 aromatic heterocycles. The summed E-state index contributed by atoms with van der Waals surface area (Å²) in [7, 11) is 1.66. The largest absolute Gasteiger partial charge is 0.385 e. The summed E-state index contributed by atoms with van der Waals surface area (Å²) >= 11 is 0. The third-order valence-corrected chi connectivity index (χ3v) is 7.31. The Balaban J connectivity index is 1.59. The van der Waals surface area contributed by atoms with E-state index in [1.807, 2.05) is 24.3 Å². The number of ether oxygens (including phenoxy) is 1. The highest BCUT2D eigenvalue weighted by molar-refractivity contribution is 6.02. The molecule has 0 spiro atoms. The first-order valence-corrected chi connectivity index (χ1v) is 14.8. The van der Waals surface area contributed by atoms with Gasteiger partial charge in [-0.15, -0.1) is 0 Å². The highest BCUT2D eigenvalue weighted by Gasteiger charge is 2.22. The smallest absolute Gasteiger partial charge is 0.253 e. The van der Waals surface area contributed by atoms with Crippen molar-refractivity contribution < 1.29 is 14.3 Å². The Hall–Kier alpha value is -2.90. The van der Waals surface area contributed by atoms with Gasteiger partial charge in [0.05, 0.1) is 5.56 Å². The van der Waals surface area contributed by atoms with Crippen LogP contribution in [0.4, 0.5) is 11.4 Å².